The average molecular weight is 492 g/mol. The number of fused-ring (bicyclic) bond motifs is 1. The smallest absolute Gasteiger partial charge is 0.289 e. The molecule has 37 heavy (non-hydrogen) atoms. The summed E-state index contributed by atoms with van der Waals surface area (Å²) in [6.07, 6.45) is 1.40. The summed E-state index contributed by atoms with van der Waals surface area (Å²) in [4.78, 5) is 22.8. The van der Waals surface area contributed by atoms with Crippen LogP contribution in [0.2, 0.25) is 0 Å². The van der Waals surface area contributed by atoms with Crippen LogP contribution in [0.1, 0.15) is 21.6 Å². The third kappa shape index (κ3) is 5.35. The number of para-hydroxylation sites is 1. The van der Waals surface area contributed by atoms with Crippen molar-refractivity contribution in [2.75, 3.05) is 0 Å². The van der Waals surface area contributed by atoms with E-state index in [0.717, 1.165) is 21.9 Å². The molecule has 0 saturated carbocycles. The maximum absolute atomic E-state index is 12.5. The largest absolute Gasteiger partial charge is 0.488 e. The quantitative estimate of drug-likeness (QED) is 0.169. The average Bonchev–Trinajstić information content (AvgIpc) is 3.43. The number of hydrogen-bond acceptors (Lipinski definition) is 6. The number of benzene rings is 4. The molecule has 5 rings (SSSR count). The number of hydrogen-bond donors (Lipinski definition) is 2. The number of aromatic nitrogens is 2. The highest BCUT2D eigenvalue weighted by atomic mass is 16.6. The van der Waals surface area contributed by atoms with Crippen molar-refractivity contribution in [3.8, 4) is 17.0 Å². The minimum Gasteiger partial charge on any atom is -0.488 e. The first-order chi connectivity index (χ1) is 18.1. The minimum absolute atomic E-state index is 0.0208. The Bertz CT molecular complexity index is 1600. The number of ether oxygens (including phenoxy) is 1. The van der Waals surface area contributed by atoms with Gasteiger partial charge in [0, 0.05) is 17.7 Å². The molecular weight excluding hydrogens is 470 g/mol. The molecule has 5 aromatic rings. The van der Waals surface area contributed by atoms with Crippen molar-refractivity contribution in [1.29, 1.82) is 0 Å². The van der Waals surface area contributed by atoms with Crippen molar-refractivity contribution in [3.05, 3.63) is 124 Å². The summed E-state index contributed by atoms with van der Waals surface area (Å²) in [5, 5.41) is 24.0. The number of nitro benzene ring substituents is 1. The van der Waals surface area contributed by atoms with Crippen molar-refractivity contribution in [2.24, 2.45) is 5.10 Å². The summed E-state index contributed by atoms with van der Waals surface area (Å²) >= 11 is 0. The van der Waals surface area contributed by atoms with Crippen molar-refractivity contribution in [2.45, 2.75) is 6.61 Å². The molecule has 1 amide bonds. The summed E-state index contributed by atoms with van der Waals surface area (Å²) in [6.45, 7) is 0.382. The number of amides is 1. The van der Waals surface area contributed by atoms with Crippen LogP contribution in [0.25, 0.3) is 22.0 Å². The molecule has 0 spiro atoms. The molecule has 0 aliphatic rings. The number of nitrogens with one attached hydrogen (secondary N) is 2. The Hall–Kier alpha value is -5.31. The number of non-ortho nitro benzene ring substituents is 1. The highest BCUT2D eigenvalue weighted by Crippen LogP contribution is 2.30. The molecule has 0 saturated heterocycles. The maximum atomic E-state index is 12.5. The molecule has 0 aliphatic heterocycles. The van der Waals surface area contributed by atoms with Gasteiger partial charge in [-0.15, -0.1) is 0 Å². The van der Waals surface area contributed by atoms with Crippen molar-refractivity contribution >= 4 is 28.6 Å². The number of hydrazone groups is 1. The molecular formula is C28H21N5O4. The van der Waals surface area contributed by atoms with E-state index in [2.05, 4.69) is 38.9 Å². The van der Waals surface area contributed by atoms with Crippen LogP contribution in [0.3, 0.4) is 0 Å². The van der Waals surface area contributed by atoms with E-state index in [4.69, 9.17) is 4.74 Å². The number of aromatic amines is 1. The molecule has 1 heterocycles. The van der Waals surface area contributed by atoms with Gasteiger partial charge in [-0.3, -0.25) is 20.0 Å². The predicted octanol–water partition coefficient (Wildman–Crippen LogP) is 5.48. The number of carbonyl (C=O) groups is 1. The Balaban J connectivity index is 1.27. The molecule has 9 heteroatoms. The van der Waals surface area contributed by atoms with E-state index < -0.39 is 10.8 Å². The first-order valence-electron chi connectivity index (χ1n) is 11.4. The highest BCUT2D eigenvalue weighted by Gasteiger charge is 2.14. The molecule has 0 bridgehead atoms. The van der Waals surface area contributed by atoms with Crippen LogP contribution in [0.15, 0.2) is 102 Å². The zero-order valence-corrected chi connectivity index (χ0v) is 19.5. The van der Waals surface area contributed by atoms with Crippen molar-refractivity contribution in [3.63, 3.8) is 0 Å². The van der Waals surface area contributed by atoms with Crippen LogP contribution in [-0.4, -0.2) is 27.2 Å². The van der Waals surface area contributed by atoms with Crippen LogP contribution in [0.4, 0.5) is 5.69 Å². The third-order valence-corrected chi connectivity index (χ3v) is 5.73. The van der Waals surface area contributed by atoms with Gasteiger partial charge in [-0.2, -0.15) is 10.2 Å². The van der Waals surface area contributed by atoms with E-state index in [1.54, 1.807) is 6.07 Å². The molecule has 0 unspecified atom stereocenters. The fourth-order valence-electron chi connectivity index (χ4n) is 3.86. The van der Waals surface area contributed by atoms with Crippen LogP contribution in [-0.2, 0) is 6.61 Å². The molecule has 0 fully saturated rings. The second-order valence-electron chi connectivity index (χ2n) is 8.14. The number of nitro groups is 1. The lowest BCUT2D eigenvalue weighted by molar-refractivity contribution is -0.384. The second-order valence-corrected chi connectivity index (χ2v) is 8.14. The zero-order chi connectivity index (χ0) is 25.6. The lowest BCUT2D eigenvalue weighted by atomic mass is 10.1. The molecule has 1 aromatic heterocycles. The topological polar surface area (TPSA) is 123 Å². The summed E-state index contributed by atoms with van der Waals surface area (Å²) in [5.41, 5.74) is 5.60. The van der Waals surface area contributed by atoms with E-state index in [9.17, 15) is 14.9 Å². The van der Waals surface area contributed by atoms with E-state index >= 15 is 0 Å². The Labute approximate surface area is 211 Å². The maximum Gasteiger partial charge on any atom is 0.289 e. The van der Waals surface area contributed by atoms with E-state index in [1.165, 1.54) is 30.5 Å². The summed E-state index contributed by atoms with van der Waals surface area (Å²) < 4.78 is 6.17. The SMILES string of the molecule is O=C(NN=Cc1ccc([N+](=O)[O-])cc1)c1cc(-c2ccccc2OCc2cccc3ccccc23)n[nH]1. The molecule has 182 valence electrons. The van der Waals surface area contributed by atoms with Gasteiger partial charge in [-0.25, -0.2) is 5.43 Å². The van der Waals surface area contributed by atoms with Crippen LogP contribution >= 0.6 is 0 Å². The molecule has 0 atom stereocenters. The van der Waals surface area contributed by atoms with Gasteiger partial charge in [0.1, 0.15) is 18.1 Å². The fraction of sp³-hybridized carbons (Fsp3) is 0.0357. The predicted molar refractivity (Wildman–Crippen MR) is 140 cm³/mol. The first-order valence-corrected chi connectivity index (χ1v) is 11.4. The van der Waals surface area contributed by atoms with Gasteiger partial charge in [0.15, 0.2) is 0 Å². The van der Waals surface area contributed by atoms with Gasteiger partial charge in [0.25, 0.3) is 11.6 Å². The third-order valence-electron chi connectivity index (χ3n) is 5.73. The van der Waals surface area contributed by atoms with Gasteiger partial charge in [0.2, 0.25) is 0 Å². The zero-order valence-electron chi connectivity index (χ0n) is 19.5. The van der Waals surface area contributed by atoms with Crippen molar-refractivity contribution in [1.82, 2.24) is 15.6 Å². The molecule has 2 N–H and O–H groups in total. The monoisotopic (exact) mass is 491 g/mol. The Morgan fingerprint density at radius 3 is 2.59 bits per heavy atom. The Morgan fingerprint density at radius 1 is 1.00 bits per heavy atom. The fourth-order valence-corrected chi connectivity index (χ4v) is 3.86. The number of rotatable bonds is 8. The molecule has 4 aromatic carbocycles. The first kappa shape index (κ1) is 23.4. The van der Waals surface area contributed by atoms with Crippen LogP contribution in [0.5, 0.6) is 5.75 Å². The van der Waals surface area contributed by atoms with Crippen LogP contribution in [0, 0.1) is 10.1 Å². The van der Waals surface area contributed by atoms with E-state index in [-0.39, 0.29) is 11.4 Å². The van der Waals surface area contributed by atoms with Crippen LogP contribution < -0.4 is 10.2 Å². The summed E-state index contributed by atoms with van der Waals surface area (Å²) in [7, 11) is 0. The highest BCUT2D eigenvalue weighted by molar-refractivity contribution is 5.94. The number of H-pyrrole nitrogens is 1. The standard InChI is InChI=1S/C28H21N5O4/c34-28(32-29-17-19-12-14-22(15-13-19)33(35)36)26-16-25(30-31-26)24-10-3-4-11-27(24)37-18-21-8-5-7-20-6-1-2-9-23(20)21/h1-17H,18H2,(H,30,31)(H,32,34). The minimum atomic E-state index is -0.481. The Morgan fingerprint density at radius 2 is 1.76 bits per heavy atom. The van der Waals surface area contributed by atoms with E-state index in [1.807, 2.05) is 48.5 Å². The summed E-state index contributed by atoms with van der Waals surface area (Å²) in [5.74, 6) is 0.163. The van der Waals surface area contributed by atoms with Gasteiger partial charge in [-0.05, 0) is 52.2 Å². The summed E-state index contributed by atoms with van der Waals surface area (Å²) in [6, 6.07) is 29.2. The molecule has 0 radical (unpaired) electrons. The number of carbonyl (C=O) groups excluding carboxylic acids is 1. The molecule has 0 aliphatic carbocycles. The van der Waals surface area contributed by atoms with E-state index in [0.29, 0.717) is 23.6 Å². The number of nitrogens with zero attached hydrogens (tertiary/aromatic N) is 3. The van der Waals surface area contributed by atoms with Crippen molar-refractivity contribution < 1.29 is 14.5 Å². The van der Waals surface area contributed by atoms with Gasteiger partial charge >= 0.3 is 0 Å². The second kappa shape index (κ2) is 10.5. The normalized spacial score (nSPS) is 11.0. The lowest BCUT2D eigenvalue weighted by Gasteiger charge is -2.12. The Kier molecular flexibility index (Phi) is 6.67. The molecule has 9 nitrogen and oxygen atoms in total. The van der Waals surface area contributed by atoms with Gasteiger partial charge in [-0.1, -0.05) is 54.6 Å². The lowest BCUT2D eigenvalue weighted by Crippen LogP contribution is -2.18. The van der Waals surface area contributed by atoms with Gasteiger partial charge < -0.3 is 4.74 Å². The van der Waals surface area contributed by atoms with Gasteiger partial charge in [0.05, 0.1) is 16.8 Å².